The molecule has 0 fully saturated rings. The predicted molar refractivity (Wildman–Crippen MR) is 86.6 cm³/mol. The van der Waals surface area contributed by atoms with Gasteiger partial charge in [-0.3, -0.25) is 13.9 Å². The van der Waals surface area contributed by atoms with Crippen molar-refractivity contribution in [1.82, 2.24) is 18.8 Å². The smallest absolute Gasteiger partial charge is 0.332 e. The molecular weight excluding hydrogens is 296 g/mol. The lowest BCUT2D eigenvalue weighted by molar-refractivity contribution is 0.125. The summed E-state index contributed by atoms with van der Waals surface area (Å²) in [6.07, 6.45) is 0. The Morgan fingerprint density at radius 2 is 1.87 bits per heavy atom. The highest BCUT2D eigenvalue weighted by atomic mass is 16.7. The first-order valence-electron chi connectivity index (χ1n) is 7.40. The highest BCUT2D eigenvalue weighted by Gasteiger charge is 2.19. The second-order valence-electron chi connectivity index (χ2n) is 5.26. The number of nitrogens with zero attached hydrogens (tertiary/aromatic N) is 4. The number of aromatic nitrogens is 4. The number of fused-ring (bicyclic) bond motifs is 1. The van der Waals surface area contributed by atoms with Gasteiger partial charge >= 0.3 is 5.69 Å². The van der Waals surface area contributed by atoms with E-state index in [4.69, 9.17) is 4.84 Å². The molecule has 2 heterocycles. The number of imidazole rings is 1. The Morgan fingerprint density at radius 1 is 1.17 bits per heavy atom. The standard InChI is InChI=1S/C16H18N4O3/c1-4-23-20-11(2)17-14-13(20)15(21)19(16(22)18(14)3)10-12-8-6-5-7-9-12/h5-9H,4,10H2,1-3H3. The molecule has 0 N–H and O–H groups in total. The highest BCUT2D eigenvalue weighted by molar-refractivity contribution is 5.70. The zero-order chi connectivity index (χ0) is 16.6. The minimum absolute atomic E-state index is 0.207. The van der Waals surface area contributed by atoms with E-state index in [2.05, 4.69) is 4.98 Å². The molecule has 0 saturated carbocycles. The van der Waals surface area contributed by atoms with Gasteiger partial charge in [0, 0.05) is 7.05 Å². The van der Waals surface area contributed by atoms with Crippen molar-refractivity contribution in [3.63, 3.8) is 0 Å². The van der Waals surface area contributed by atoms with Crippen LogP contribution in [0.4, 0.5) is 0 Å². The average Bonchev–Trinajstić information content (AvgIpc) is 2.88. The molecule has 0 aliphatic heterocycles. The fourth-order valence-corrected chi connectivity index (χ4v) is 2.60. The first-order valence-corrected chi connectivity index (χ1v) is 7.40. The van der Waals surface area contributed by atoms with Crippen LogP contribution < -0.4 is 16.1 Å². The normalized spacial score (nSPS) is 11.1. The van der Waals surface area contributed by atoms with Crippen LogP contribution in [0.3, 0.4) is 0 Å². The van der Waals surface area contributed by atoms with Crippen LogP contribution >= 0.6 is 0 Å². The summed E-state index contributed by atoms with van der Waals surface area (Å²) in [6.45, 7) is 4.17. The van der Waals surface area contributed by atoms with Crippen molar-refractivity contribution in [2.45, 2.75) is 20.4 Å². The van der Waals surface area contributed by atoms with E-state index in [-0.39, 0.29) is 12.1 Å². The molecule has 0 amide bonds. The first-order chi connectivity index (χ1) is 11.0. The van der Waals surface area contributed by atoms with E-state index in [1.807, 2.05) is 37.3 Å². The summed E-state index contributed by atoms with van der Waals surface area (Å²) in [5.74, 6) is 0.534. The van der Waals surface area contributed by atoms with Gasteiger partial charge in [0.2, 0.25) is 0 Å². The van der Waals surface area contributed by atoms with Crippen LogP contribution in [-0.4, -0.2) is 25.5 Å². The molecular formula is C16H18N4O3. The summed E-state index contributed by atoms with van der Waals surface area (Å²) >= 11 is 0. The molecule has 0 spiro atoms. The fraction of sp³-hybridized carbons (Fsp3) is 0.312. The van der Waals surface area contributed by atoms with Crippen LogP contribution in [0, 0.1) is 6.92 Å². The summed E-state index contributed by atoms with van der Waals surface area (Å²) in [5, 5.41) is 0. The molecule has 0 aliphatic carbocycles. The van der Waals surface area contributed by atoms with Gasteiger partial charge in [0.15, 0.2) is 11.2 Å². The number of hydrogen-bond acceptors (Lipinski definition) is 4. The second kappa shape index (κ2) is 5.75. The first kappa shape index (κ1) is 15.1. The van der Waals surface area contributed by atoms with E-state index in [0.29, 0.717) is 18.1 Å². The van der Waals surface area contributed by atoms with E-state index in [1.165, 1.54) is 13.9 Å². The Bertz CT molecular complexity index is 967. The topological polar surface area (TPSA) is 71.1 Å². The van der Waals surface area contributed by atoms with E-state index in [0.717, 1.165) is 5.56 Å². The molecule has 7 heteroatoms. The van der Waals surface area contributed by atoms with Crippen LogP contribution in [0.1, 0.15) is 18.3 Å². The SMILES string of the molecule is CCOn1c(C)nc2c1c(=O)n(Cc1ccccc1)c(=O)n2C. The molecule has 1 aromatic carbocycles. The third-order valence-electron chi connectivity index (χ3n) is 3.70. The van der Waals surface area contributed by atoms with Gasteiger partial charge in [0.1, 0.15) is 12.4 Å². The molecule has 120 valence electrons. The van der Waals surface area contributed by atoms with Crippen LogP contribution in [0.2, 0.25) is 0 Å². The zero-order valence-corrected chi connectivity index (χ0v) is 13.3. The molecule has 0 aliphatic rings. The molecule has 0 bridgehead atoms. The van der Waals surface area contributed by atoms with Gasteiger partial charge in [-0.1, -0.05) is 30.3 Å². The van der Waals surface area contributed by atoms with Crippen LogP contribution in [0.15, 0.2) is 39.9 Å². The quantitative estimate of drug-likeness (QED) is 0.711. The van der Waals surface area contributed by atoms with E-state index in [1.54, 1.807) is 14.0 Å². The molecule has 7 nitrogen and oxygen atoms in total. The Hall–Kier alpha value is -2.83. The number of rotatable bonds is 4. The molecule has 2 aromatic heterocycles. The zero-order valence-electron chi connectivity index (χ0n) is 13.3. The third kappa shape index (κ3) is 2.44. The van der Waals surface area contributed by atoms with Crippen molar-refractivity contribution in [3.8, 4) is 0 Å². The third-order valence-corrected chi connectivity index (χ3v) is 3.70. The predicted octanol–water partition coefficient (Wildman–Crippen LogP) is 0.702. The number of aryl methyl sites for hydroxylation is 2. The van der Waals surface area contributed by atoms with Crippen molar-refractivity contribution in [2.75, 3.05) is 6.61 Å². The largest absolute Gasteiger partial charge is 0.412 e. The maximum Gasteiger partial charge on any atom is 0.332 e. The molecule has 0 radical (unpaired) electrons. The second-order valence-corrected chi connectivity index (χ2v) is 5.26. The fourth-order valence-electron chi connectivity index (χ4n) is 2.60. The van der Waals surface area contributed by atoms with E-state index in [9.17, 15) is 9.59 Å². The van der Waals surface area contributed by atoms with Gasteiger partial charge in [-0.2, -0.15) is 4.73 Å². The Balaban J connectivity index is 2.29. The molecule has 23 heavy (non-hydrogen) atoms. The van der Waals surface area contributed by atoms with Gasteiger partial charge in [0.25, 0.3) is 5.56 Å². The average molecular weight is 314 g/mol. The van der Waals surface area contributed by atoms with E-state index < -0.39 is 11.2 Å². The van der Waals surface area contributed by atoms with Crippen molar-refractivity contribution >= 4 is 11.2 Å². The summed E-state index contributed by atoms with van der Waals surface area (Å²) in [5.41, 5.74) is 0.691. The summed E-state index contributed by atoms with van der Waals surface area (Å²) < 4.78 is 3.98. The lowest BCUT2D eigenvalue weighted by Gasteiger charge is -2.10. The number of hydrogen-bond donors (Lipinski definition) is 0. The minimum atomic E-state index is -0.402. The molecule has 0 saturated heterocycles. The Labute approximate surface area is 132 Å². The summed E-state index contributed by atoms with van der Waals surface area (Å²) in [4.78, 5) is 35.1. The van der Waals surface area contributed by atoms with Gasteiger partial charge in [-0.25, -0.2) is 9.78 Å². The van der Waals surface area contributed by atoms with Gasteiger partial charge < -0.3 is 4.84 Å². The van der Waals surface area contributed by atoms with Crippen LogP contribution in [-0.2, 0) is 13.6 Å². The monoisotopic (exact) mass is 314 g/mol. The molecule has 0 unspecified atom stereocenters. The lowest BCUT2D eigenvalue weighted by atomic mass is 10.2. The molecule has 3 rings (SSSR count). The van der Waals surface area contributed by atoms with Crippen LogP contribution in [0.25, 0.3) is 11.2 Å². The van der Waals surface area contributed by atoms with Gasteiger partial charge in [-0.05, 0) is 19.4 Å². The van der Waals surface area contributed by atoms with Crippen molar-refractivity contribution in [3.05, 3.63) is 62.6 Å². The van der Waals surface area contributed by atoms with Gasteiger partial charge in [0.05, 0.1) is 6.54 Å². The highest BCUT2D eigenvalue weighted by Crippen LogP contribution is 2.09. The van der Waals surface area contributed by atoms with Gasteiger partial charge in [-0.15, -0.1) is 0 Å². The molecule has 3 aromatic rings. The number of benzene rings is 1. The maximum atomic E-state index is 12.8. The van der Waals surface area contributed by atoms with Crippen LogP contribution in [0.5, 0.6) is 0 Å². The van der Waals surface area contributed by atoms with Crippen molar-refractivity contribution in [2.24, 2.45) is 7.05 Å². The Morgan fingerprint density at radius 3 is 2.52 bits per heavy atom. The van der Waals surface area contributed by atoms with Crippen molar-refractivity contribution < 1.29 is 4.84 Å². The maximum absolute atomic E-state index is 12.8. The van der Waals surface area contributed by atoms with E-state index >= 15 is 0 Å². The summed E-state index contributed by atoms with van der Waals surface area (Å²) in [7, 11) is 1.61. The lowest BCUT2D eigenvalue weighted by Crippen LogP contribution is -2.40. The molecule has 0 atom stereocenters. The van der Waals surface area contributed by atoms with Crippen molar-refractivity contribution in [1.29, 1.82) is 0 Å². The Kier molecular flexibility index (Phi) is 3.77. The summed E-state index contributed by atoms with van der Waals surface area (Å²) in [6, 6.07) is 9.39. The minimum Gasteiger partial charge on any atom is -0.412 e.